The fourth-order valence-corrected chi connectivity index (χ4v) is 9.90. The van der Waals surface area contributed by atoms with Gasteiger partial charge in [0.25, 0.3) is 0 Å². The molecule has 1 aromatic heterocycles. The van der Waals surface area contributed by atoms with Crippen LogP contribution in [0, 0.1) is 0 Å². The molecule has 0 amide bonds. The first kappa shape index (κ1) is 31.8. The van der Waals surface area contributed by atoms with Crippen LogP contribution in [-0.2, 0) is 5.41 Å². The van der Waals surface area contributed by atoms with E-state index in [2.05, 4.69) is 193 Å². The number of anilines is 3. The summed E-state index contributed by atoms with van der Waals surface area (Å²) >= 11 is 0. The molecule has 0 aliphatic heterocycles. The number of para-hydroxylation sites is 2. The van der Waals surface area contributed by atoms with Gasteiger partial charge in [0.2, 0.25) is 0 Å². The monoisotopic (exact) mass is 705 g/mol. The van der Waals surface area contributed by atoms with Crippen LogP contribution in [0.3, 0.4) is 0 Å². The molecule has 1 saturated carbocycles. The van der Waals surface area contributed by atoms with Crippen molar-refractivity contribution in [3.05, 3.63) is 199 Å². The second kappa shape index (κ2) is 12.7. The fourth-order valence-electron chi connectivity index (χ4n) is 9.90. The van der Waals surface area contributed by atoms with Crippen LogP contribution in [0.2, 0.25) is 0 Å². The number of rotatable bonds is 6. The van der Waals surface area contributed by atoms with E-state index in [0.717, 1.165) is 39.0 Å². The summed E-state index contributed by atoms with van der Waals surface area (Å²) in [6, 6.07) is 68.7. The number of benzene rings is 8. The lowest BCUT2D eigenvalue weighted by Gasteiger charge is -2.30. The molecule has 9 aromatic rings. The lowest BCUT2D eigenvalue weighted by Crippen LogP contribution is -2.20. The predicted octanol–water partition coefficient (Wildman–Crippen LogP) is 14.9. The third-order valence-electron chi connectivity index (χ3n) is 12.3. The molecule has 0 saturated heterocycles. The Kier molecular flexibility index (Phi) is 7.38. The van der Waals surface area contributed by atoms with Crippen LogP contribution in [0.4, 0.5) is 17.1 Å². The molecule has 0 radical (unpaired) electrons. The molecule has 1 spiro atoms. The maximum atomic E-state index is 6.52. The molecule has 0 N–H and O–H groups in total. The van der Waals surface area contributed by atoms with E-state index in [1.54, 1.807) is 0 Å². The zero-order valence-corrected chi connectivity index (χ0v) is 30.6. The van der Waals surface area contributed by atoms with Crippen LogP contribution in [0.5, 0.6) is 0 Å². The van der Waals surface area contributed by atoms with Gasteiger partial charge in [0, 0.05) is 22.1 Å². The number of fused-ring (bicyclic) bond motifs is 8. The summed E-state index contributed by atoms with van der Waals surface area (Å²) in [4.78, 5) is 2.49. The van der Waals surface area contributed by atoms with Gasteiger partial charge in [-0.15, -0.1) is 0 Å². The highest BCUT2D eigenvalue weighted by Crippen LogP contribution is 2.58. The van der Waals surface area contributed by atoms with Gasteiger partial charge in [-0.3, -0.25) is 0 Å². The molecular formula is C53H39NO. The molecule has 8 aromatic carbocycles. The highest BCUT2D eigenvalue weighted by molar-refractivity contribution is 6.14. The van der Waals surface area contributed by atoms with Crippen LogP contribution in [0.25, 0.3) is 66.4 Å². The van der Waals surface area contributed by atoms with Gasteiger partial charge < -0.3 is 9.32 Å². The third kappa shape index (κ3) is 4.95. The topological polar surface area (TPSA) is 16.4 Å². The summed E-state index contributed by atoms with van der Waals surface area (Å²) in [6.45, 7) is 0. The van der Waals surface area contributed by atoms with Crippen molar-refractivity contribution in [3.8, 4) is 44.5 Å². The Bertz CT molecular complexity index is 2890. The molecule has 1 heterocycles. The Hall–Kier alpha value is -6.64. The summed E-state index contributed by atoms with van der Waals surface area (Å²) in [5.74, 6) is 0. The predicted molar refractivity (Wildman–Crippen MR) is 229 cm³/mol. The third-order valence-corrected chi connectivity index (χ3v) is 12.3. The first-order valence-electron chi connectivity index (χ1n) is 19.6. The first-order valence-corrected chi connectivity index (χ1v) is 19.6. The summed E-state index contributed by atoms with van der Waals surface area (Å²) < 4.78 is 6.52. The van der Waals surface area contributed by atoms with Crippen molar-refractivity contribution < 1.29 is 4.42 Å². The van der Waals surface area contributed by atoms with Crippen molar-refractivity contribution >= 4 is 39.0 Å². The minimum Gasteiger partial charge on any atom is -0.456 e. The minimum absolute atomic E-state index is 0.110. The SMILES string of the molecule is c1ccc(-c2ccccc2-c2ccccc2-c2ccccc2N(c2ccc3c(c2)-c2ccccc2C32CCCC2)c2cccc3oc4ccccc4c23)cc1. The zero-order valence-electron chi connectivity index (χ0n) is 30.6. The van der Waals surface area contributed by atoms with Crippen molar-refractivity contribution in [3.63, 3.8) is 0 Å². The maximum absolute atomic E-state index is 6.52. The van der Waals surface area contributed by atoms with Gasteiger partial charge in [0.15, 0.2) is 0 Å². The van der Waals surface area contributed by atoms with Crippen LogP contribution in [-0.4, -0.2) is 0 Å². The fraction of sp³-hybridized carbons (Fsp3) is 0.0943. The van der Waals surface area contributed by atoms with Gasteiger partial charge in [0.1, 0.15) is 11.2 Å². The van der Waals surface area contributed by atoms with Gasteiger partial charge in [0.05, 0.1) is 16.8 Å². The van der Waals surface area contributed by atoms with Gasteiger partial charge >= 0.3 is 0 Å². The lowest BCUT2D eigenvalue weighted by atomic mass is 9.77. The van der Waals surface area contributed by atoms with Crippen molar-refractivity contribution in [1.29, 1.82) is 0 Å². The van der Waals surface area contributed by atoms with Crippen LogP contribution in [0.15, 0.2) is 192 Å². The normalized spacial score (nSPS) is 14.0. The van der Waals surface area contributed by atoms with E-state index in [9.17, 15) is 0 Å². The molecule has 262 valence electrons. The largest absolute Gasteiger partial charge is 0.456 e. The standard InChI is InChI=1S/C53H39NO/c1-2-17-36(18-3-1)38-19-4-5-20-39(38)40-21-6-7-22-41(40)43-24-9-12-27-48(43)54(49-28-16-30-51-52(49)44-25-10-13-29-50(44)55-51)37-31-32-47-45(35-37)42-23-8-11-26-46(42)53(47)33-14-15-34-53/h1-13,16-32,35H,14-15,33-34H2. The zero-order chi connectivity index (χ0) is 36.3. The van der Waals surface area contributed by atoms with Crippen molar-refractivity contribution in [2.45, 2.75) is 31.1 Å². The Morgan fingerprint density at radius 2 is 0.964 bits per heavy atom. The molecule has 2 aliphatic carbocycles. The van der Waals surface area contributed by atoms with Crippen LogP contribution >= 0.6 is 0 Å². The second-order valence-electron chi connectivity index (χ2n) is 15.1. The molecule has 2 aliphatic rings. The molecule has 2 heteroatoms. The Labute approximate surface area is 322 Å². The molecule has 0 atom stereocenters. The molecule has 2 nitrogen and oxygen atoms in total. The first-order chi connectivity index (χ1) is 27.3. The maximum Gasteiger partial charge on any atom is 0.137 e. The molecule has 1 fully saturated rings. The number of nitrogens with zero attached hydrogens (tertiary/aromatic N) is 1. The van der Waals surface area contributed by atoms with Crippen LogP contribution < -0.4 is 4.90 Å². The van der Waals surface area contributed by atoms with Gasteiger partial charge in [-0.25, -0.2) is 0 Å². The highest BCUT2D eigenvalue weighted by Gasteiger charge is 2.45. The highest BCUT2D eigenvalue weighted by atomic mass is 16.3. The number of hydrogen-bond donors (Lipinski definition) is 0. The molecule has 0 unspecified atom stereocenters. The van der Waals surface area contributed by atoms with E-state index in [4.69, 9.17) is 4.42 Å². The van der Waals surface area contributed by atoms with E-state index < -0.39 is 0 Å². The van der Waals surface area contributed by atoms with Gasteiger partial charge in [-0.2, -0.15) is 0 Å². The van der Waals surface area contributed by atoms with Crippen molar-refractivity contribution in [2.75, 3.05) is 4.90 Å². The Balaban J connectivity index is 1.17. The lowest BCUT2D eigenvalue weighted by molar-refractivity contribution is 0.550. The van der Waals surface area contributed by atoms with Crippen molar-refractivity contribution in [1.82, 2.24) is 0 Å². The Morgan fingerprint density at radius 3 is 1.76 bits per heavy atom. The smallest absolute Gasteiger partial charge is 0.137 e. The summed E-state index contributed by atoms with van der Waals surface area (Å²) in [5, 5.41) is 2.23. The number of furan rings is 1. The van der Waals surface area contributed by atoms with Gasteiger partial charge in [-0.1, -0.05) is 165 Å². The quantitative estimate of drug-likeness (QED) is 0.171. The van der Waals surface area contributed by atoms with E-state index in [0.29, 0.717) is 0 Å². The average Bonchev–Trinajstić information content (AvgIpc) is 3.97. The van der Waals surface area contributed by atoms with E-state index in [-0.39, 0.29) is 5.41 Å². The number of hydrogen-bond acceptors (Lipinski definition) is 2. The van der Waals surface area contributed by atoms with E-state index in [1.165, 1.54) is 81.3 Å². The molecular weight excluding hydrogens is 667 g/mol. The molecule has 0 bridgehead atoms. The summed E-state index contributed by atoms with van der Waals surface area (Å²) in [6.07, 6.45) is 4.98. The van der Waals surface area contributed by atoms with Gasteiger partial charge in [-0.05, 0) is 99.3 Å². The minimum atomic E-state index is 0.110. The average molecular weight is 706 g/mol. The Morgan fingerprint density at radius 1 is 0.400 bits per heavy atom. The van der Waals surface area contributed by atoms with E-state index >= 15 is 0 Å². The summed E-state index contributed by atoms with van der Waals surface area (Å²) in [7, 11) is 0. The van der Waals surface area contributed by atoms with Crippen molar-refractivity contribution in [2.24, 2.45) is 0 Å². The molecule has 11 rings (SSSR count). The van der Waals surface area contributed by atoms with Crippen LogP contribution in [0.1, 0.15) is 36.8 Å². The summed E-state index contributed by atoms with van der Waals surface area (Å²) in [5.41, 5.74) is 18.2. The van der Waals surface area contributed by atoms with E-state index in [1.807, 2.05) is 0 Å². The molecule has 55 heavy (non-hydrogen) atoms. The second-order valence-corrected chi connectivity index (χ2v) is 15.1.